The van der Waals surface area contributed by atoms with Crippen molar-refractivity contribution in [3.63, 3.8) is 0 Å². The summed E-state index contributed by atoms with van der Waals surface area (Å²) in [4.78, 5) is 14.2. The highest BCUT2D eigenvalue weighted by atomic mass is 32.2. The zero-order chi connectivity index (χ0) is 18.5. The van der Waals surface area contributed by atoms with Crippen LogP contribution in [0.5, 0.6) is 0 Å². The third-order valence-electron chi connectivity index (χ3n) is 4.35. The fourth-order valence-electron chi connectivity index (χ4n) is 3.01. The molecule has 0 spiro atoms. The van der Waals surface area contributed by atoms with Crippen molar-refractivity contribution in [3.8, 4) is 0 Å². The van der Waals surface area contributed by atoms with Crippen molar-refractivity contribution in [2.45, 2.75) is 10.1 Å². The Morgan fingerprint density at radius 3 is 2.07 bits per heavy atom. The van der Waals surface area contributed by atoms with E-state index < -0.39 is 0 Å². The van der Waals surface area contributed by atoms with Gasteiger partial charge in [0.1, 0.15) is 5.25 Å². The molecule has 0 heterocycles. The van der Waals surface area contributed by atoms with Crippen molar-refractivity contribution in [1.82, 2.24) is 0 Å². The number of fused-ring (bicyclic) bond motifs is 1. The first kappa shape index (κ1) is 17.4. The molecule has 0 saturated heterocycles. The fraction of sp³-hybridized carbons (Fsp3) is 0.0417. The Hall–Kier alpha value is -3.04. The minimum atomic E-state index is -0.319. The van der Waals surface area contributed by atoms with E-state index in [-0.39, 0.29) is 11.2 Å². The minimum absolute atomic E-state index is 0.0228. The lowest BCUT2D eigenvalue weighted by molar-refractivity contribution is -0.115. The summed E-state index contributed by atoms with van der Waals surface area (Å²) in [5.74, 6) is -0.0228. The van der Waals surface area contributed by atoms with Crippen LogP contribution in [-0.2, 0) is 4.79 Å². The Morgan fingerprint density at radius 2 is 1.33 bits per heavy atom. The molecule has 0 aromatic heterocycles. The van der Waals surface area contributed by atoms with E-state index in [0.717, 1.165) is 26.9 Å². The van der Waals surface area contributed by atoms with Crippen LogP contribution in [-0.4, -0.2) is 5.91 Å². The van der Waals surface area contributed by atoms with Crippen LogP contribution in [0, 0.1) is 0 Å². The molecular weight excluding hydrogens is 350 g/mol. The summed E-state index contributed by atoms with van der Waals surface area (Å²) in [6.45, 7) is 0. The number of nitrogens with one attached hydrogen (secondary N) is 1. The maximum absolute atomic E-state index is 13.1. The highest BCUT2D eigenvalue weighted by molar-refractivity contribution is 8.00. The zero-order valence-corrected chi connectivity index (χ0v) is 15.5. The number of thioether (sulfide) groups is 1. The highest BCUT2D eigenvalue weighted by Crippen LogP contribution is 2.36. The Morgan fingerprint density at radius 1 is 0.704 bits per heavy atom. The predicted molar refractivity (Wildman–Crippen MR) is 114 cm³/mol. The van der Waals surface area contributed by atoms with Crippen LogP contribution in [0.4, 0.5) is 5.69 Å². The third-order valence-corrected chi connectivity index (χ3v) is 5.62. The summed E-state index contributed by atoms with van der Waals surface area (Å²) in [6, 6.07) is 34.1. The van der Waals surface area contributed by atoms with E-state index in [1.165, 1.54) is 0 Å². The van der Waals surface area contributed by atoms with Gasteiger partial charge >= 0.3 is 0 Å². The number of hydrogen-bond donors (Lipinski definition) is 1. The molecule has 4 rings (SSSR count). The molecule has 1 amide bonds. The Labute approximate surface area is 163 Å². The number of carbonyl (C=O) groups is 1. The van der Waals surface area contributed by atoms with Crippen LogP contribution in [0.1, 0.15) is 10.8 Å². The molecule has 0 radical (unpaired) electrons. The van der Waals surface area contributed by atoms with Gasteiger partial charge in [-0.1, -0.05) is 78.9 Å². The number of hydrogen-bond acceptors (Lipinski definition) is 2. The lowest BCUT2D eigenvalue weighted by Gasteiger charge is -2.17. The predicted octanol–water partition coefficient (Wildman–Crippen LogP) is 6.31. The number of carbonyl (C=O) groups excluding carboxylic acids is 1. The molecule has 1 N–H and O–H groups in total. The normalized spacial score (nSPS) is 11.9. The van der Waals surface area contributed by atoms with Crippen molar-refractivity contribution in [1.29, 1.82) is 0 Å². The summed E-state index contributed by atoms with van der Waals surface area (Å²) < 4.78 is 0. The van der Waals surface area contributed by atoms with Crippen LogP contribution in [0.15, 0.2) is 108 Å². The van der Waals surface area contributed by atoms with Gasteiger partial charge in [0.05, 0.1) is 0 Å². The van der Waals surface area contributed by atoms with Crippen LogP contribution in [0.3, 0.4) is 0 Å². The van der Waals surface area contributed by atoms with E-state index in [2.05, 4.69) is 17.4 Å². The Balaban J connectivity index is 1.61. The summed E-state index contributed by atoms with van der Waals surface area (Å²) in [5.41, 5.74) is 1.80. The van der Waals surface area contributed by atoms with Gasteiger partial charge in [-0.15, -0.1) is 11.8 Å². The van der Waals surface area contributed by atoms with Crippen LogP contribution >= 0.6 is 11.8 Å². The minimum Gasteiger partial charge on any atom is -0.325 e. The van der Waals surface area contributed by atoms with E-state index in [9.17, 15) is 4.79 Å². The molecule has 132 valence electrons. The number of anilines is 1. The summed E-state index contributed by atoms with van der Waals surface area (Å²) in [6.07, 6.45) is 0. The van der Waals surface area contributed by atoms with Gasteiger partial charge in [0, 0.05) is 10.6 Å². The van der Waals surface area contributed by atoms with Gasteiger partial charge in [-0.05, 0) is 40.6 Å². The van der Waals surface area contributed by atoms with Crippen molar-refractivity contribution in [3.05, 3.63) is 109 Å². The van der Waals surface area contributed by atoms with E-state index in [4.69, 9.17) is 0 Å². The second-order valence-corrected chi connectivity index (χ2v) is 7.45. The first-order valence-electron chi connectivity index (χ1n) is 8.86. The number of amides is 1. The summed E-state index contributed by atoms with van der Waals surface area (Å²) >= 11 is 1.56. The molecule has 0 aliphatic heterocycles. The molecule has 0 aliphatic rings. The quantitative estimate of drug-likeness (QED) is 0.418. The second kappa shape index (κ2) is 8.11. The Bertz CT molecular complexity index is 1050. The molecule has 27 heavy (non-hydrogen) atoms. The van der Waals surface area contributed by atoms with E-state index in [0.29, 0.717) is 0 Å². The molecule has 0 fully saturated rings. The SMILES string of the molecule is O=C(Nc1ccc2ccccc2c1)C(Sc1ccccc1)c1ccccc1. The maximum atomic E-state index is 13.1. The number of benzene rings is 4. The highest BCUT2D eigenvalue weighted by Gasteiger charge is 2.22. The molecular formula is C24H19NOS. The topological polar surface area (TPSA) is 29.1 Å². The lowest BCUT2D eigenvalue weighted by Crippen LogP contribution is -2.19. The monoisotopic (exact) mass is 369 g/mol. The molecule has 4 aromatic carbocycles. The summed E-state index contributed by atoms with van der Waals surface area (Å²) in [5, 5.41) is 5.05. The third kappa shape index (κ3) is 4.21. The fourth-order valence-corrected chi connectivity index (χ4v) is 4.06. The maximum Gasteiger partial charge on any atom is 0.242 e. The largest absolute Gasteiger partial charge is 0.325 e. The zero-order valence-electron chi connectivity index (χ0n) is 14.7. The van der Waals surface area contributed by atoms with Gasteiger partial charge in [-0.2, -0.15) is 0 Å². The van der Waals surface area contributed by atoms with Crippen LogP contribution in [0.2, 0.25) is 0 Å². The van der Waals surface area contributed by atoms with Gasteiger partial charge < -0.3 is 5.32 Å². The number of rotatable bonds is 5. The van der Waals surface area contributed by atoms with Gasteiger partial charge in [-0.25, -0.2) is 0 Å². The van der Waals surface area contributed by atoms with Crippen molar-refractivity contribution in [2.75, 3.05) is 5.32 Å². The second-order valence-electron chi connectivity index (χ2n) is 6.27. The van der Waals surface area contributed by atoms with Gasteiger partial charge in [0.25, 0.3) is 0 Å². The van der Waals surface area contributed by atoms with Gasteiger partial charge in [0.2, 0.25) is 5.91 Å². The first-order valence-corrected chi connectivity index (χ1v) is 9.74. The molecule has 0 aliphatic carbocycles. The molecule has 1 atom stereocenters. The van der Waals surface area contributed by atoms with Crippen molar-refractivity contribution < 1.29 is 4.79 Å². The average molecular weight is 369 g/mol. The van der Waals surface area contributed by atoms with Crippen molar-refractivity contribution in [2.24, 2.45) is 0 Å². The van der Waals surface area contributed by atoms with Crippen LogP contribution < -0.4 is 5.32 Å². The smallest absolute Gasteiger partial charge is 0.242 e. The summed E-state index contributed by atoms with van der Waals surface area (Å²) in [7, 11) is 0. The van der Waals surface area contributed by atoms with E-state index in [1.807, 2.05) is 91.0 Å². The molecule has 0 bridgehead atoms. The molecule has 0 saturated carbocycles. The standard InChI is InChI=1S/C24H19NOS/c26-24(25-21-16-15-18-9-7-8-12-20(18)17-21)23(19-10-3-1-4-11-19)27-22-13-5-2-6-14-22/h1-17,23H,(H,25,26). The molecule has 1 unspecified atom stereocenters. The average Bonchev–Trinajstić information content (AvgIpc) is 2.73. The first-order chi connectivity index (χ1) is 13.3. The molecule has 2 nitrogen and oxygen atoms in total. The van der Waals surface area contributed by atoms with E-state index >= 15 is 0 Å². The van der Waals surface area contributed by atoms with Gasteiger partial charge in [-0.3, -0.25) is 4.79 Å². The van der Waals surface area contributed by atoms with Crippen LogP contribution in [0.25, 0.3) is 10.8 Å². The van der Waals surface area contributed by atoms with Crippen molar-refractivity contribution >= 4 is 34.1 Å². The van der Waals surface area contributed by atoms with E-state index in [1.54, 1.807) is 11.8 Å². The lowest BCUT2D eigenvalue weighted by atomic mass is 10.1. The molecule has 4 aromatic rings. The van der Waals surface area contributed by atoms with Gasteiger partial charge in [0.15, 0.2) is 0 Å². The molecule has 3 heteroatoms. The Kier molecular flexibility index (Phi) is 5.22.